The number of pyridine rings is 1. The molecule has 0 amide bonds. The zero-order valence-corrected chi connectivity index (χ0v) is 11.1. The molecule has 1 N–H and O–H groups in total. The van der Waals surface area contributed by atoms with Crippen molar-refractivity contribution in [3.8, 4) is 11.5 Å². The van der Waals surface area contributed by atoms with Gasteiger partial charge in [-0.15, -0.1) is 0 Å². The van der Waals surface area contributed by atoms with Crippen LogP contribution in [0.25, 0.3) is 0 Å². The van der Waals surface area contributed by atoms with Gasteiger partial charge in [0.1, 0.15) is 16.6 Å². The average Bonchev–Trinajstić information content (AvgIpc) is 2.88. The zero-order chi connectivity index (χ0) is 13.1. The lowest BCUT2D eigenvalue weighted by Gasteiger charge is -2.21. The summed E-state index contributed by atoms with van der Waals surface area (Å²) in [6, 6.07) is 3.45. The minimum Gasteiger partial charge on any atom is -0.454 e. The van der Waals surface area contributed by atoms with Crippen molar-refractivity contribution in [1.82, 2.24) is 15.2 Å². The Morgan fingerprint density at radius 1 is 1.37 bits per heavy atom. The minimum absolute atomic E-state index is 0.382. The summed E-state index contributed by atoms with van der Waals surface area (Å²) in [5, 5.41) is 7.58. The van der Waals surface area contributed by atoms with E-state index >= 15 is 0 Å². The fourth-order valence-corrected chi connectivity index (χ4v) is 2.37. The number of ether oxygens (including phenoxy) is 2. The van der Waals surface area contributed by atoms with Crippen LogP contribution in [0.15, 0.2) is 24.5 Å². The third-order valence-electron chi connectivity index (χ3n) is 3.17. The molecule has 2 aromatic rings. The largest absolute Gasteiger partial charge is 0.454 e. The number of halogens is 1. The summed E-state index contributed by atoms with van der Waals surface area (Å²) in [5.74, 6) is 1.79. The second kappa shape index (κ2) is 5.59. The molecule has 0 atom stereocenters. The standard InChI is InChI=1S/C13H14ClN3O2/c14-12-7-10(1-4-15-12)19-11-8-16-17-13(11)9-2-5-18-6-3-9/h1,4,7-9H,2-3,5-6H2,(H,16,17). The highest BCUT2D eigenvalue weighted by atomic mass is 35.5. The van der Waals surface area contributed by atoms with Crippen molar-refractivity contribution in [2.24, 2.45) is 0 Å². The van der Waals surface area contributed by atoms with E-state index in [1.807, 2.05) is 0 Å². The van der Waals surface area contributed by atoms with Gasteiger partial charge in [-0.05, 0) is 18.9 Å². The molecule has 3 heterocycles. The van der Waals surface area contributed by atoms with Gasteiger partial charge in [0.25, 0.3) is 0 Å². The molecule has 1 aliphatic heterocycles. The topological polar surface area (TPSA) is 60.0 Å². The maximum absolute atomic E-state index is 5.84. The molecule has 0 spiro atoms. The summed E-state index contributed by atoms with van der Waals surface area (Å²) in [6.07, 6.45) is 5.32. The lowest BCUT2D eigenvalue weighted by atomic mass is 9.96. The quantitative estimate of drug-likeness (QED) is 0.877. The van der Waals surface area contributed by atoms with Gasteiger partial charge in [-0.25, -0.2) is 4.98 Å². The Kier molecular flexibility index (Phi) is 3.66. The van der Waals surface area contributed by atoms with Crippen LogP contribution in [-0.4, -0.2) is 28.4 Å². The summed E-state index contributed by atoms with van der Waals surface area (Å²) in [7, 11) is 0. The molecule has 0 radical (unpaired) electrons. The van der Waals surface area contributed by atoms with Crippen LogP contribution < -0.4 is 4.74 Å². The van der Waals surface area contributed by atoms with Gasteiger partial charge in [-0.3, -0.25) is 5.10 Å². The number of nitrogens with one attached hydrogen (secondary N) is 1. The molecule has 2 aromatic heterocycles. The minimum atomic E-state index is 0.382. The van der Waals surface area contributed by atoms with Gasteiger partial charge in [0.2, 0.25) is 0 Å². The fourth-order valence-electron chi connectivity index (χ4n) is 2.21. The molecule has 0 bridgehead atoms. The van der Waals surface area contributed by atoms with Crippen molar-refractivity contribution < 1.29 is 9.47 Å². The van der Waals surface area contributed by atoms with E-state index in [9.17, 15) is 0 Å². The van der Waals surface area contributed by atoms with E-state index in [2.05, 4.69) is 15.2 Å². The molecule has 6 heteroatoms. The molecule has 100 valence electrons. The second-order valence-corrected chi connectivity index (χ2v) is 4.82. The highest BCUT2D eigenvalue weighted by Crippen LogP contribution is 2.34. The van der Waals surface area contributed by atoms with E-state index in [-0.39, 0.29) is 0 Å². The Morgan fingerprint density at radius 2 is 2.21 bits per heavy atom. The summed E-state index contributed by atoms with van der Waals surface area (Å²) in [5.41, 5.74) is 0.955. The molecular formula is C13H14ClN3O2. The Bertz CT molecular complexity index is 552. The zero-order valence-electron chi connectivity index (χ0n) is 10.3. The third-order valence-corrected chi connectivity index (χ3v) is 3.37. The summed E-state index contributed by atoms with van der Waals surface area (Å²) < 4.78 is 11.2. The Labute approximate surface area is 115 Å². The van der Waals surface area contributed by atoms with Crippen LogP contribution in [0.3, 0.4) is 0 Å². The SMILES string of the molecule is Clc1cc(Oc2c[nH]nc2C2CCOCC2)ccn1. The molecule has 1 aliphatic rings. The van der Waals surface area contributed by atoms with E-state index in [1.165, 1.54) is 0 Å². The number of H-pyrrole nitrogens is 1. The third kappa shape index (κ3) is 2.88. The van der Waals surface area contributed by atoms with Gasteiger partial charge in [-0.2, -0.15) is 5.10 Å². The number of nitrogens with zero attached hydrogens (tertiary/aromatic N) is 2. The first-order valence-corrected chi connectivity index (χ1v) is 6.61. The molecule has 0 saturated carbocycles. The molecule has 3 rings (SSSR count). The Hall–Kier alpha value is -1.59. The molecule has 0 unspecified atom stereocenters. The first-order chi connectivity index (χ1) is 9.33. The number of rotatable bonds is 3. The van der Waals surface area contributed by atoms with Crippen molar-refractivity contribution in [2.45, 2.75) is 18.8 Å². The van der Waals surface area contributed by atoms with Gasteiger partial charge < -0.3 is 9.47 Å². The van der Waals surface area contributed by atoms with Gasteiger partial charge in [0.15, 0.2) is 5.75 Å². The highest BCUT2D eigenvalue weighted by Gasteiger charge is 2.22. The molecule has 0 aliphatic carbocycles. The van der Waals surface area contributed by atoms with Gasteiger partial charge in [-0.1, -0.05) is 11.6 Å². The number of hydrogen-bond acceptors (Lipinski definition) is 4. The molecule has 0 aromatic carbocycles. The molecule has 1 saturated heterocycles. The van der Waals surface area contributed by atoms with Crippen molar-refractivity contribution in [2.75, 3.05) is 13.2 Å². The average molecular weight is 280 g/mol. The molecule has 5 nitrogen and oxygen atoms in total. The second-order valence-electron chi connectivity index (χ2n) is 4.44. The fraction of sp³-hybridized carbons (Fsp3) is 0.385. The van der Waals surface area contributed by atoms with Crippen LogP contribution in [-0.2, 0) is 4.74 Å². The summed E-state index contributed by atoms with van der Waals surface area (Å²) in [6.45, 7) is 1.55. The Morgan fingerprint density at radius 3 is 3.00 bits per heavy atom. The van der Waals surface area contributed by atoms with Crippen LogP contribution in [0.2, 0.25) is 5.15 Å². The van der Waals surface area contributed by atoms with Crippen molar-refractivity contribution in [1.29, 1.82) is 0 Å². The lowest BCUT2D eigenvalue weighted by Crippen LogP contribution is -2.14. The van der Waals surface area contributed by atoms with Crippen LogP contribution in [0.4, 0.5) is 0 Å². The van der Waals surface area contributed by atoms with E-state index < -0.39 is 0 Å². The predicted molar refractivity (Wildman–Crippen MR) is 70.7 cm³/mol. The van der Waals surface area contributed by atoms with Crippen LogP contribution in [0, 0.1) is 0 Å². The van der Waals surface area contributed by atoms with Crippen molar-refractivity contribution in [3.63, 3.8) is 0 Å². The van der Waals surface area contributed by atoms with Gasteiger partial charge in [0, 0.05) is 31.4 Å². The van der Waals surface area contributed by atoms with E-state index in [0.29, 0.717) is 16.8 Å². The normalized spacial score (nSPS) is 16.5. The summed E-state index contributed by atoms with van der Waals surface area (Å²) >= 11 is 5.84. The molecular weight excluding hydrogens is 266 g/mol. The van der Waals surface area contributed by atoms with Crippen LogP contribution in [0.1, 0.15) is 24.5 Å². The highest BCUT2D eigenvalue weighted by molar-refractivity contribution is 6.29. The lowest BCUT2D eigenvalue weighted by molar-refractivity contribution is 0.0841. The van der Waals surface area contributed by atoms with E-state index in [0.717, 1.165) is 37.5 Å². The number of aromatic nitrogens is 3. The number of hydrogen-bond donors (Lipinski definition) is 1. The molecule has 19 heavy (non-hydrogen) atoms. The number of aromatic amines is 1. The first-order valence-electron chi connectivity index (χ1n) is 6.24. The van der Waals surface area contributed by atoms with Gasteiger partial charge in [0.05, 0.1) is 6.20 Å². The monoisotopic (exact) mass is 279 g/mol. The van der Waals surface area contributed by atoms with Gasteiger partial charge >= 0.3 is 0 Å². The maximum Gasteiger partial charge on any atom is 0.168 e. The molecule has 1 fully saturated rings. The van der Waals surface area contributed by atoms with Crippen molar-refractivity contribution >= 4 is 11.6 Å². The van der Waals surface area contributed by atoms with Crippen LogP contribution >= 0.6 is 11.6 Å². The first kappa shape index (κ1) is 12.4. The maximum atomic E-state index is 5.84. The van der Waals surface area contributed by atoms with Crippen LogP contribution in [0.5, 0.6) is 11.5 Å². The van der Waals surface area contributed by atoms with Crippen molar-refractivity contribution in [3.05, 3.63) is 35.4 Å². The smallest absolute Gasteiger partial charge is 0.168 e. The van der Waals surface area contributed by atoms with E-state index in [4.69, 9.17) is 21.1 Å². The van der Waals surface area contributed by atoms with E-state index in [1.54, 1.807) is 24.5 Å². The summed E-state index contributed by atoms with van der Waals surface area (Å²) in [4.78, 5) is 3.93. The predicted octanol–water partition coefficient (Wildman–Crippen LogP) is 3.14. The Balaban J connectivity index is 1.80.